The molecule has 2 aromatic heterocycles. The van der Waals surface area contributed by atoms with Gasteiger partial charge in [-0.05, 0) is 36.6 Å². The van der Waals surface area contributed by atoms with Gasteiger partial charge in [0.25, 0.3) is 11.5 Å². The molecule has 46 heavy (non-hydrogen) atoms. The molecule has 244 valence electrons. The lowest BCUT2D eigenvalue weighted by molar-refractivity contribution is -0.154. The summed E-state index contributed by atoms with van der Waals surface area (Å²) in [6.07, 6.45) is 3.39. The molecule has 1 amide bonds. The molecule has 0 saturated carbocycles. The van der Waals surface area contributed by atoms with Crippen molar-refractivity contribution in [1.82, 2.24) is 24.2 Å². The fourth-order valence-corrected chi connectivity index (χ4v) is 5.48. The van der Waals surface area contributed by atoms with Gasteiger partial charge in [-0.1, -0.05) is 38.1 Å². The van der Waals surface area contributed by atoms with E-state index in [-0.39, 0.29) is 42.3 Å². The van der Waals surface area contributed by atoms with E-state index in [9.17, 15) is 23.2 Å². The van der Waals surface area contributed by atoms with Crippen LogP contribution in [0.25, 0.3) is 22.0 Å². The number of hydrogen-bond acceptors (Lipinski definition) is 9. The number of ether oxygens (including phenoxy) is 2. The summed E-state index contributed by atoms with van der Waals surface area (Å²) < 4.78 is 39.0. The summed E-state index contributed by atoms with van der Waals surface area (Å²) in [4.78, 5) is 50.6. The summed E-state index contributed by atoms with van der Waals surface area (Å²) in [6, 6.07) is 10.9. The zero-order valence-corrected chi connectivity index (χ0v) is 26.1. The van der Waals surface area contributed by atoms with Gasteiger partial charge in [0.05, 0.1) is 17.4 Å². The van der Waals surface area contributed by atoms with E-state index in [1.54, 1.807) is 53.3 Å². The van der Waals surface area contributed by atoms with Crippen molar-refractivity contribution in [2.24, 2.45) is 18.7 Å². The standard InChI is InChI=1S/C32H37F2N7O5/c1-19(2)28(35)30(44)45-18-27(42)40-12-11-39(16-20(40)3)32-36-14-23(15-37-32)21-9-10-24-25(13-21)41(38(4)29(24)43)17-22-7-5-6-8-26(22)46-31(33)34/h5-10,13-15,19-20,28,31H,11-12,16-18,35H2,1-4H3/t20-,28?/m1/s1. The van der Waals surface area contributed by atoms with Crippen LogP contribution in [0.15, 0.2) is 59.7 Å². The van der Waals surface area contributed by atoms with Crippen molar-refractivity contribution in [2.45, 2.75) is 46.0 Å². The number of benzene rings is 2. The number of halogens is 2. The molecule has 1 saturated heterocycles. The normalized spacial score (nSPS) is 15.9. The van der Waals surface area contributed by atoms with Crippen molar-refractivity contribution in [1.29, 1.82) is 0 Å². The number of alkyl halides is 2. The lowest BCUT2D eigenvalue weighted by Crippen LogP contribution is -2.55. The third kappa shape index (κ3) is 6.86. The average molecular weight is 638 g/mol. The van der Waals surface area contributed by atoms with E-state index in [0.717, 1.165) is 11.1 Å². The maximum atomic E-state index is 13.0. The summed E-state index contributed by atoms with van der Waals surface area (Å²) in [5.74, 6) is -0.424. The van der Waals surface area contributed by atoms with E-state index in [0.29, 0.717) is 42.0 Å². The van der Waals surface area contributed by atoms with Crippen LogP contribution in [0.3, 0.4) is 0 Å². The van der Waals surface area contributed by atoms with Gasteiger partial charge in [0.2, 0.25) is 5.95 Å². The van der Waals surface area contributed by atoms with Crippen LogP contribution in [0.4, 0.5) is 14.7 Å². The number of aromatic nitrogens is 4. The highest BCUT2D eigenvalue weighted by molar-refractivity contribution is 5.85. The zero-order chi connectivity index (χ0) is 33.1. The minimum atomic E-state index is -2.97. The second kappa shape index (κ2) is 13.6. The number of piperazine rings is 1. The van der Waals surface area contributed by atoms with Crippen LogP contribution in [0, 0.1) is 5.92 Å². The predicted molar refractivity (Wildman–Crippen MR) is 168 cm³/mol. The van der Waals surface area contributed by atoms with Gasteiger partial charge in [-0.25, -0.2) is 9.97 Å². The van der Waals surface area contributed by atoms with Gasteiger partial charge in [0.15, 0.2) is 6.61 Å². The number of esters is 1. The Bertz CT molecular complexity index is 1770. The van der Waals surface area contributed by atoms with Gasteiger partial charge < -0.3 is 25.0 Å². The molecule has 4 aromatic rings. The first kappa shape index (κ1) is 32.5. The van der Waals surface area contributed by atoms with Crippen molar-refractivity contribution in [3.8, 4) is 16.9 Å². The molecule has 0 aliphatic carbocycles. The molecular weight excluding hydrogens is 600 g/mol. The van der Waals surface area contributed by atoms with Crippen LogP contribution in [0.1, 0.15) is 26.3 Å². The summed E-state index contributed by atoms with van der Waals surface area (Å²) in [6.45, 7) is 3.73. The van der Waals surface area contributed by atoms with E-state index in [4.69, 9.17) is 15.2 Å². The highest BCUT2D eigenvalue weighted by Crippen LogP contribution is 2.27. The molecule has 1 aliphatic heterocycles. The summed E-state index contributed by atoms with van der Waals surface area (Å²) >= 11 is 0. The number of hydrogen-bond donors (Lipinski definition) is 1. The molecule has 0 bridgehead atoms. The van der Waals surface area contributed by atoms with Crippen molar-refractivity contribution in [3.05, 3.63) is 70.8 Å². The minimum absolute atomic E-state index is 0.0428. The van der Waals surface area contributed by atoms with E-state index in [2.05, 4.69) is 9.97 Å². The Hall–Kier alpha value is -4.85. The number of para-hydroxylation sites is 1. The van der Waals surface area contributed by atoms with Gasteiger partial charge in [-0.2, -0.15) is 8.78 Å². The minimum Gasteiger partial charge on any atom is -0.454 e. The van der Waals surface area contributed by atoms with Gasteiger partial charge >= 0.3 is 12.6 Å². The predicted octanol–water partition coefficient (Wildman–Crippen LogP) is 3.01. The number of carbonyl (C=O) groups excluding carboxylic acids is 2. The maximum Gasteiger partial charge on any atom is 0.387 e. The quantitative estimate of drug-likeness (QED) is 0.260. The Morgan fingerprint density at radius 2 is 1.78 bits per heavy atom. The lowest BCUT2D eigenvalue weighted by Gasteiger charge is -2.39. The van der Waals surface area contributed by atoms with Crippen LogP contribution in [-0.4, -0.2) is 81.0 Å². The van der Waals surface area contributed by atoms with Crippen LogP contribution >= 0.6 is 0 Å². The van der Waals surface area contributed by atoms with Crippen molar-refractivity contribution < 1.29 is 27.8 Å². The van der Waals surface area contributed by atoms with Crippen LogP contribution in [-0.2, 0) is 27.9 Å². The Labute approximate surface area is 264 Å². The number of nitrogens with two attached hydrogens (primary N) is 1. The Kier molecular flexibility index (Phi) is 9.65. The second-order valence-corrected chi connectivity index (χ2v) is 11.6. The molecule has 1 unspecified atom stereocenters. The van der Waals surface area contributed by atoms with Gasteiger partial charge in [-0.3, -0.25) is 23.7 Å². The van der Waals surface area contributed by atoms with Crippen LogP contribution in [0.5, 0.6) is 5.75 Å². The van der Waals surface area contributed by atoms with Gasteiger partial charge in [0, 0.05) is 56.2 Å². The maximum absolute atomic E-state index is 13.0. The van der Waals surface area contributed by atoms with Crippen molar-refractivity contribution >= 4 is 28.7 Å². The molecule has 1 fully saturated rings. The third-order valence-corrected chi connectivity index (χ3v) is 8.20. The molecule has 2 atom stereocenters. The zero-order valence-electron chi connectivity index (χ0n) is 26.1. The first-order chi connectivity index (χ1) is 21.9. The average Bonchev–Trinajstić information content (AvgIpc) is 3.27. The van der Waals surface area contributed by atoms with E-state index in [1.807, 2.05) is 37.8 Å². The SMILES string of the molecule is CC(C)C(N)C(=O)OCC(=O)N1CCN(c2ncc(-c3ccc4c(=O)n(C)n(Cc5ccccc5OC(F)F)c4c3)cn2)C[C@H]1C. The monoisotopic (exact) mass is 637 g/mol. The summed E-state index contributed by atoms with van der Waals surface area (Å²) in [5.41, 5.74) is 8.20. The van der Waals surface area contributed by atoms with E-state index < -0.39 is 18.6 Å². The van der Waals surface area contributed by atoms with E-state index >= 15 is 0 Å². The third-order valence-electron chi connectivity index (χ3n) is 8.20. The molecule has 5 rings (SSSR count). The molecule has 2 N–H and O–H groups in total. The second-order valence-electron chi connectivity index (χ2n) is 11.6. The fourth-order valence-electron chi connectivity index (χ4n) is 5.48. The highest BCUT2D eigenvalue weighted by Gasteiger charge is 2.30. The molecule has 3 heterocycles. The summed E-state index contributed by atoms with van der Waals surface area (Å²) in [7, 11) is 1.62. The lowest BCUT2D eigenvalue weighted by atomic mass is 10.1. The van der Waals surface area contributed by atoms with E-state index in [1.165, 1.54) is 10.7 Å². The largest absolute Gasteiger partial charge is 0.454 e. The number of anilines is 1. The molecule has 2 aromatic carbocycles. The molecule has 0 radical (unpaired) electrons. The first-order valence-electron chi connectivity index (χ1n) is 15.0. The molecule has 12 nitrogen and oxygen atoms in total. The van der Waals surface area contributed by atoms with Crippen molar-refractivity contribution in [3.63, 3.8) is 0 Å². The Morgan fingerprint density at radius 1 is 1.07 bits per heavy atom. The Morgan fingerprint density at radius 3 is 2.46 bits per heavy atom. The van der Waals surface area contributed by atoms with Crippen molar-refractivity contribution in [2.75, 3.05) is 31.1 Å². The molecule has 0 spiro atoms. The number of nitrogens with zero attached hydrogens (tertiary/aromatic N) is 6. The molecule has 14 heteroatoms. The van der Waals surface area contributed by atoms with Gasteiger partial charge in [-0.15, -0.1) is 0 Å². The first-order valence-corrected chi connectivity index (χ1v) is 15.0. The topological polar surface area (TPSA) is 138 Å². The fraction of sp³-hybridized carbons (Fsp3) is 0.406. The van der Waals surface area contributed by atoms with Crippen LogP contribution in [0.2, 0.25) is 0 Å². The number of carbonyl (C=O) groups is 2. The van der Waals surface area contributed by atoms with Gasteiger partial charge in [0.1, 0.15) is 11.8 Å². The molecular formula is C32H37F2N7O5. The number of amides is 1. The van der Waals surface area contributed by atoms with Crippen LogP contribution < -0.4 is 20.9 Å². The Balaban J connectivity index is 1.29. The number of fused-ring (bicyclic) bond motifs is 1. The smallest absolute Gasteiger partial charge is 0.387 e. The number of rotatable bonds is 10. The molecule has 1 aliphatic rings. The summed E-state index contributed by atoms with van der Waals surface area (Å²) in [5, 5.41) is 0.481. The highest BCUT2D eigenvalue weighted by atomic mass is 19.3.